The van der Waals surface area contributed by atoms with Crippen LogP contribution < -0.4 is 0 Å². The Morgan fingerprint density at radius 1 is 0.750 bits per heavy atom. The number of carbonyl (C=O) groups excluding carboxylic acids is 2. The van der Waals surface area contributed by atoms with E-state index in [0.717, 1.165) is 19.3 Å². The van der Waals surface area contributed by atoms with Crippen LogP contribution in [0.4, 0.5) is 0 Å². The predicted octanol–water partition coefficient (Wildman–Crippen LogP) is 5.54. The maximum Gasteiger partial charge on any atom is 0.309 e. The fourth-order valence-corrected chi connectivity index (χ4v) is 2.00. The zero-order valence-electron chi connectivity index (χ0n) is 17.1. The van der Waals surface area contributed by atoms with E-state index in [-0.39, 0.29) is 18.0 Å². The number of hydrogen-bond donors (Lipinski definition) is 1. The van der Waals surface area contributed by atoms with Crippen molar-refractivity contribution in [3.63, 3.8) is 0 Å². The monoisotopic (exact) mass is 384 g/mol. The minimum absolute atomic E-state index is 0.000905. The molecule has 0 amide bonds. The second kappa shape index (κ2) is 15.3. The first-order valence-electron chi connectivity index (χ1n) is 9.55. The largest absolute Gasteiger partial charge is 0.481 e. The SMILES string of the molecule is CC/C=C\C/C=C\C/C=C\CC(=O)/C=C/C=C/C=C/C(=O)CC(C)(C)C(=O)O. The summed E-state index contributed by atoms with van der Waals surface area (Å²) in [4.78, 5) is 34.3. The molecule has 0 radical (unpaired) electrons. The lowest BCUT2D eigenvalue weighted by molar-refractivity contribution is -0.148. The van der Waals surface area contributed by atoms with Gasteiger partial charge in [-0.1, -0.05) is 67.7 Å². The van der Waals surface area contributed by atoms with E-state index in [4.69, 9.17) is 5.11 Å². The second-order valence-electron chi connectivity index (χ2n) is 6.90. The first kappa shape index (κ1) is 25.2. The number of ketones is 2. The molecule has 0 bridgehead atoms. The van der Waals surface area contributed by atoms with Gasteiger partial charge in [0, 0.05) is 12.8 Å². The van der Waals surface area contributed by atoms with E-state index in [9.17, 15) is 14.4 Å². The summed E-state index contributed by atoms with van der Waals surface area (Å²) in [6.45, 7) is 5.13. The van der Waals surface area contributed by atoms with Crippen LogP contribution in [0.2, 0.25) is 0 Å². The smallest absolute Gasteiger partial charge is 0.309 e. The van der Waals surface area contributed by atoms with Crippen LogP contribution in [0.25, 0.3) is 0 Å². The highest BCUT2D eigenvalue weighted by Gasteiger charge is 2.28. The van der Waals surface area contributed by atoms with Crippen molar-refractivity contribution in [2.24, 2.45) is 5.41 Å². The minimum atomic E-state index is -1.08. The summed E-state index contributed by atoms with van der Waals surface area (Å²) in [7, 11) is 0. The summed E-state index contributed by atoms with van der Waals surface area (Å²) < 4.78 is 0. The average molecular weight is 385 g/mol. The van der Waals surface area contributed by atoms with Crippen LogP contribution in [0.15, 0.2) is 72.9 Å². The van der Waals surface area contributed by atoms with Crippen molar-refractivity contribution in [2.45, 2.75) is 52.9 Å². The summed E-state index contributed by atoms with van der Waals surface area (Å²) in [5.41, 5.74) is -1.08. The van der Waals surface area contributed by atoms with Crippen molar-refractivity contribution in [2.75, 3.05) is 0 Å². The number of carboxylic acid groups (broad SMARTS) is 1. The third-order valence-electron chi connectivity index (χ3n) is 3.69. The molecule has 28 heavy (non-hydrogen) atoms. The van der Waals surface area contributed by atoms with E-state index in [2.05, 4.69) is 31.2 Å². The highest BCUT2D eigenvalue weighted by Crippen LogP contribution is 2.20. The Labute approximate surface area is 168 Å². The summed E-state index contributed by atoms with van der Waals surface area (Å²) in [5.74, 6) is -1.25. The summed E-state index contributed by atoms with van der Waals surface area (Å²) >= 11 is 0. The lowest BCUT2D eigenvalue weighted by Gasteiger charge is -2.16. The van der Waals surface area contributed by atoms with E-state index < -0.39 is 11.4 Å². The van der Waals surface area contributed by atoms with E-state index in [1.807, 2.05) is 12.2 Å². The molecule has 0 rings (SSSR count). The molecular formula is C24H32O4. The molecule has 1 N–H and O–H groups in total. The van der Waals surface area contributed by atoms with Crippen molar-refractivity contribution in [1.82, 2.24) is 0 Å². The molecule has 152 valence electrons. The van der Waals surface area contributed by atoms with Gasteiger partial charge in [0.2, 0.25) is 0 Å². The van der Waals surface area contributed by atoms with Crippen molar-refractivity contribution in [1.29, 1.82) is 0 Å². The van der Waals surface area contributed by atoms with Gasteiger partial charge in [-0.25, -0.2) is 0 Å². The number of carbonyl (C=O) groups is 3. The fraction of sp³-hybridized carbons (Fsp3) is 0.375. The number of carboxylic acids is 1. The Balaban J connectivity index is 4.09. The van der Waals surface area contributed by atoms with Crippen LogP contribution >= 0.6 is 0 Å². The molecule has 0 atom stereocenters. The number of allylic oxidation sites excluding steroid dienone is 12. The van der Waals surface area contributed by atoms with E-state index in [0.29, 0.717) is 6.42 Å². The highest BCUT2D eigenvalue weighted by atomic mass is 16.4. The Kier molecular flexibility index (Phi) is 13.8. The molecule has 4 heteroatoms. The van der Waals surface area contributed by atoms with Crippen LogP contribution in [-0.4, -0.2) is 22.6 Å². The topological polar surface area (TPSA) is 71.4 Å². The van der Waals surface area contributed by atoms with Gasteiger partial charge >= 0.3 is 5.97 Å². The molecule has 0 unspecified atom stereocenters. The molecule has 0 aromatic heterocycles. The normalized spacial score (nSPS) is 13.2. The first-order chi connectivity index (χ1) is 13.3. The van der Waals surface area contributed by atoms with E-state index >= 15 is 0 Å². The molecular weight excluding hydrogens is 352 g/mol. The Morgan fingerprint density at radius 3 is 1.79 bits per heavy atom. The van der Waals surface area contributed by atoms with E-state index in [1.54, 1.807) is 18.2 Å². The van der Waals surface area contributed by atoms with Crippen molar-refractivity contribution in [3.8, 4) is 0 Å². The molecule has 0 saturated heterocycles. The molecule has 4 nitrogen and oxygen atoms in total. The zero-order valence-corrected chi connectivity index (χ0v) is 17.1. The maximum absolute atomic E-state index is 11.7. The van der Waals surface area contributed by atoms with Gasteiger partial charge in [-0.2, -0.15) is 0 Å². The van der Waals surface area contributed by atoms with E-state index in [1.165, 1.54) is 32.1 Å². The summed E-state index contributed by atoms with van der Waals surface area (Å²) in [5, 5.41) is 8.99. The number of hydrogen-bond acceptors (Lipinski definition) is 3. The number of aliphatic carboxylic acids is 1. The van der Waals surface area contributed by atoms with Gasteiger partial charge in [0.15, 0.2) is 11.6 Å². The molecule has 0 fully saturated rings. The van der Waals surface area contributed by atoms with Crippen LogP contribution in [-0.2, 0) is 14.4 Å². The van der Waals surface area contributed by atoms with Gasteiger partial charge in [0.05, 0.1) is 5.41 Å². The van der Waals surface area contributed by atoms with Gasteiger partial charge < -0.3 is 5.11 Å². The highest BCUT2D eigenvalue weighted by molar-refractivity contribution is 5.93. The van der Waals surface area contributed by atoms with Crippen molar-refractivity contribution < 1.29 is 19.5 Å². The van der Waals surface area contributed by atoms with Crippen LogP contribution in [0.5, 0.6) is 0 Å². The molecule has 0 aromatic rings. The van der Waals surface area contributed by atoms with Crippen LogP contribution in [0.3, 0.4) is 0 Å². The Bertz CT molecular complexity index is 671. The molecule has 0 heterocycles. The van der Waals surface area contributed by atoms with Crippen molar-refractivity contribution >= 4 is 17.5 Å². The first-order valence-corrected chi connectivity index (χ1v) is 9.55. The minimum Gasteiger partial charge on any atom is -0.481 e. The lowest BCUT2D eigenvalue weighted by Crippen LogP contribution is -2.26. The predicted molar refractivity (Wildman–Crippen MR) is 115 cm³/mol. The van der Waals surface area contributed by atoms with Gasteiger partial charge in [0.1, 0.15) is 0 Å². The molecule has 0 saturated carbocycles. The fourth-order valence-electron chi connectivity index (χ4n) is 2.00. The molecule has 0 spiro atoms. The van der Waals surface area contributed by atoms with Gasteiger partial charge in [-0.3, -0.25) is 14.4 Å². The summed E-state index contributed by atoms with van der Waals surface area (Å²) in [6, 6.07) is 0. The van der Waals surface area contributed by atoms with Crippen LogP contribution in [0.1, 0.15) is 52.9 Å². The standard InChI is InChI=1S/C24H32O4/c1-4-5-6-7-8-9-10-11-14-17-21(25)18-15-12-13-16-19-22(26)20-24(2,3)23(27)28/h5-6,8-9,11-16,18-19H,4,7,10,17,20H2,1-3H3,(H,27,28)/b6-5-,9-8-,13-12+,14-11-,18-15+,19-16+. The molecule has 0 aliphatic rings. The van der Waals surface area contributed by atoms with Crippen LogP contribution in [0, 0.1) is 5.41 Å². The second-order valence-corrected chi connectivity index (χ2v) is 6.90. The van der Waals surface area contributed by atoms with Gasteiger partial charge in [-0.05, 0) is 45.3 Å². The average Bonchev–Trinajstić information content (AvgIpc) is 2.62. The zero-order chi connectivity index (χ0) is 21.3. The molecule has 0 aromatic carbocycles. The third-order valence-corrected chi connectivity index (χ3v) is 3.69. The Morgan fingerprint density at radius 2 is 1.25 bits per heavy atom. The summed E-state index contributed by atoms with van der Waals surface area (Å²) in [6.07, 6.45) is 24.6. The quantitative estimate of drug-likeness (QED) is 0.242. The molecule has 0 aliphatic heterocycles. The lowest BCUT2D eigenvalue weighted by atomic mass is 9.87. The molecule has 0 aliphatic carbocycles. The maximum atomic E-state index is 11.7. The van der Waals surface area contributed by atoms with Gasteiger partial charge in [0.25, 0.3) is 0 Å². The van der Waals surface area contributed by atoms with Crippen molar-refractivity contribution in [3.05, 3.63) is 72.9 Å². The van der Waals surface area contributed by atoms with Gasteiger partial charge in [-0.15, -0.1) is 0 Å². The Hall–Kier alpha value is -2.75. The third kappa shape index (κ3) is 14.4. The number of rotatable bonds is 14.